The topological polar surface area (TPSA) is 85.3 Å². The first-order valence-electron chi connectivity index (χ1n) is 11.3. The molecule has 0 aliphatic carbocycles. The van der Waals surface area contributed by atoms with Gasteiger partial charge in [0, 0.05) is 64.1 Å². The van der Waals surface area contributed by atoms with Gasteiger partial charge in [-0.3, -0.25) is 0 Å². The minimum Gasteiger partial charge on any atom is -0.396 e. The summed E-state index contributed by atoms with van der Waals surface area (Å²) < 4.78 is 5.58. The van der Waals surface area contributed by atoms with Gasteiger partial charge in [-0.1, -0.05) is 13.0 Å². The van der Waals surface area contributed by atoms with Crippen molar-refractivity contribution in [2.45, 2.75) is 33.2 Å². The number of aliphatic imine (C=N–C) groups is 1. The van der Waals surface area contributed by atoms with Crippen LogP contribution in [0.15, 0.2) is 23.3 Å². The van der Waals surface area contributed by atoms with Crippen molar-refractivity contribution in [1.29, 1.82) is 0 Å². The Hall–Kier alpha value is -1.90. The van der Waals surface area contributed by atoms with Gasteiger partial charge >= 0.3 is 0 Å². The molecule has 0 aromatic carbocycles. The van der Waals surface area contributed by atoms with Crippen molar-refractivity contribution < 1.29 is 9.84 Å². The van der Waals surface area contributed by atoms with E-state index in [1.165, 1.54) is 0 Å². The SMILES string of the molecule is CCNC(=NCc1ccc(N2CCN(CC)CC2)nc1)NCC1(CCO)CCOC1. The lowest BCUT2D eigenvalue weighted by molar-refractivity contribution is 0.127. The van der Waals surface area contributed by atoms with E-state index in [0.717, 1.165) is 82.6 Å². The van der Waals surface area contributed by atoms with Crippen LogP contribution in [0.5, 0.6) is 0 Å². The Morgan fingerprint density at radius 2 is 2.07 bits per heavy atom. The number of ether oxygens (including phenoxy) is 1. The molecule has 3 rings (SSSR count). The van der Waals surface area contributed by atoms with Gasteiger partial charge in [0.05, 0.1) is 13.2 Å². The van der Waals surface area contributed by atoms with Gasteiger partial charge in [-0.25, -0.2) is 9.98 Å². The molecule has 0 radical (unpaired) electrons. The maximum Gasteiger partial charge on any atom is 0.191 e. The molecule has 0 bridgehead atoms. The molecule has 168 valence electrons. The van der Waals surface area contributed by atoms with E-state index in [1.54, 1.807) is 0 Å². The lowest BCUT2D eigenvalue weighted by Gasteiger charge is -2.34. The fourth-order valence-electron chi connectivity index (χ4n) is 4.09. The van der Waals surface area contributed by atoms with Crippen LogP contribution < -0.4 is 15.5 Å². The largest absolute Gasteiger partial charge is 0.396 e. The summed E-state index contributed by atoms with van der Waals surface area (Å²) in [5.74, 6) is 1.84. The summed E-state index contributed by atoms with van der Waals surface area (Å²) in [6, 6.07) is 4.23. The molecule has 0 spiro atoms. The quantitative estimate of drug-likeness (QED) is 0.409. The van der Waals surface area contributed by atoms with Gasteiger partial charge in [0.2, 0.25) is 0 Å². The van der Waals surface area contributed by atoms with Gasteiger partial charge in [0.25, 0.3) is 0 Å². The number of pyridine rings is 1. The number of rotatable bonds is 9. The number of guanidine groups is 1. The van der Waals surface area contributed by atoms with E-state index in [1.807, 2.05) is 6.20 Å². The van der Waals surface area contributed by atoms with Crippen molar-refractivity contribution in [2.75, 3.05) is 70.5 Å². The monoisotopic (exact) mass is 418 g/mol. The first kappa shape index (κ1) is 22.8. The highest BCUT2D eigenvalue weighted by atomic mass is 16.5. The number of hydrogen-bond donors (Lipinski definition) is 3. The first-order valence-corrected chi connectivity index (χ1v) is 11.3. The van der Waals surface area contributed by atoms with Crippen LogP contribution >= 0.6 is 0 Å². The third kappa shape index (κ3) is 6.30. The summed E-state index contributed by atoms with van der Waals surface area (Å²) in [6.07, 6.45) is 3.65. The second-order valence-corrected chi connectivity index (χ2v) is 8.27. The smallest absolute Gasteiger partial charge is 0.191 e. The first-order chi connectivity index (χ1) is 14.7. The molecule has 8 heteroatoms. The molecule has 1 aromatic rings. The standard InChI is InChI=1S/C22H38N6O2/c1-3-23-21(26-17-22(7-13-29)8-14-30-18-22)25-16-19-5-6-20(24-15-19)28-11-9-27(4-2)10-12-28/h5-6,15,29H,3-4,7-14,16-18H2,1-2H3,(H2,23,25,26). The molecule has 0 saturated carbocycles. The number of nitrogens with one attached hydrogen (secondary N) is 2. The van der Waals surface area contributed by atoms with E-state index in [2.05, 4.69) is 51.4 Å². The normalized spacial score (nSPS) is 23.0. The summed E-state index contributed by atoms with van der Waals surface area (Å²) in [4.78, 5) is 14.2. The number of aromatic nitrogens is 1. The molecule has 0 amide bonds. The molecule has 8 nitrogen and oxygen atoms in total. The van der Waals surface area contributed by atoms with Gasteiger partial charge in [-0.2, -0.15) is 0 Å². The van der Waals surface area contributed by atoms with E-state index in [-0.39, 0.29) is 12.0 Å². The third-order valence-electron chi connectivity index (χ3n) is 6.17. The molecular weight excluding hydrogens is 380 g/mol. The summed E-state index contributed by atoms with van der Waals surface area (Å²) >= 11 is 0. The van der Waals surface area contributed by atoms with E-state index in [4.69, 9.17) is 9.73 Å². The summed E-state index contributed by atoms with van der Waals surface area (Å²) in [7, 11) is 0. The van der Waals surface area contributed by atoms with E-state index in [9.17, 15) is 5.11 Å². The molecule has 3 N–H and O–H groups in total. The zero-order valence-electron chi connectivity index (χ0n) is 18.6. The summed E-state index contributed by atoms with van der Waals surface area (Å²) in [6.45, 7) is 13.4. The highest BCUT2D eigenvalue weighted by molar-refractivity contribution is 5.79. The Bertz CT molecular complexity index is 652. The van der Waals surface area contributed by atoms with Crippen LogP contribution in [0.1, 0.15) is 32.3 Å². The van der Waals surface area contributed by atoms with Crippen LogP contribution in [0.4, 0.5) is 5.82 Å². The number of aliphatic hydroxyl groups excluding tert-OH is 1. The zero-order valence-corrected chi connectivity index (χ0v) is 18.6. The predicted molar refractivity (Wildman–Crippen MR) is 121 cm³/mol. The van der Waals surface area contributed by atoms with Crippen molar-refractivity contribution in [3.05, 3.63) is 23.9 Å². The third-order valence-corrected chi connectivity index (χ3v) is 6.17. The van der Waals surface area contributed by atoms with Crippen LogP contribution in [0.3, 0.4) is 0 Å². The van der Waals surface area contributed by atoms with Crippen LogP contribution in [0.2, 0.25) is 0 Å². The number of nitrogens with zero attached hydrogens (tertiary/aromatic N) is 4. The molecule has 2 saturated heterocycles. The number of piperazine rings is 1. The Kier molecular flexibility index (Phi) is 8.72. The minimum atomic E-state index is -0.00402. The molecule has 1 unspecified atom stereocenters. The predicted octanol–water partition coefficient (Wildman–Crippen LogP) is 1.07. The van der Waals surface area contributed by atoms with Crippen molar-refractivity contribution in [1.82, 2.24) is 20.5 Å². The van der Waals surface area contributed by atoms with E-state index in [0.29, 0.717) is 13.2 Å². The Morgan fingerprint density at radius 1 is 1.23 bits per heavy atom. The van der Waals surface area contributed by atoms with Crippen LogP contribution in [0.25, 0.3) is 0 Å². The van der Waals surface area contributed by atoms with Gasteiger partial charge in [-0.05, 0) is 37.9 Å². The Morgan fingerprint density at radius 3 is 2.67 bits per heavy atom. The van der Waals surface area contributed by atoms with Crippen molar-refractivity contribution in [3.63, 3.8) is 0 Å². The van der Waals surface area contributed by atoms with Gasteiger partial charge < -0.3 is 30.3 Å². The summed E-state index contributed by atoms with van der Waals surface area (Å²) in [5, 5.41) is 16.2. The average molecular weight is 419 g/mol. The van der Waals surface area contributed by atoms with Crippen molar-refractivity contribution in [2.24, 2.45) is 10.4 Å². The minimum absolute atomic E-state index is 0.00402. The van der Waals surface area contributed by atoms with Gasteiger partial charge in [0.1, 0.15) is 5.82 Å². The number of hydrogen-bond acceptors (Lipinski definition) is 6. The maximum atomic E-state index is 9.41. The van der Waals surface area contributed by atoms with Gasteiger partial charge in [-0.15, -0.1) is 0 Å². The van der Waals surface area contributed by atoms with Crippen LogP contribution in [0, 0.1) is 5.41 Å². The molecule has 2 aliphatic heterocycles. The van der Waals surface area contributed by atoms with E-state index >= 15 is 0 Å². The molecule has 2 fully saturated rings. The molecule has 1 aromatic heterocycles. The Labute approximate surface area is 180 Å². The van der Waals surface area contributed by atoms with Gasteiger partial charge in [0.15, 0.2) is 5.96 Å². The highest BCUT2D eigenvalue weighted by Crippen LogP contribution is 2.31. The molecule has 1 atom stereocenters. The van der Waals surface area contributed by atoms with Crippen molar-refractivity contribution in [3.8, 4) is 0 Å². The van der Waals surface area contributed by atoms with Crippen molar-refractivity contribution >= 4 is 11.8 Å². The molecule has 30 heavy (non-hydrogen) atoms. The number of anilines is 1. The van der Waals surface area contributed by atoms with Crippen LogP contribution in [-0.4, -0.2) is 86.6 Å². The second-order valence-electron chi connectivity index (χ2n) is 8.27. The lowest BCUT2D eigenvalue weighted by Crippen LogP contribution is -2.46. The fourth-order valence-corrected chi connectivity index (χ4v) is 4.09. The summed E-state index contributed by atoms with van der Waals surface area (Å²) in [5.41, 5.74) is 1.09. The molecule has 2 aliphatic rings. The number of aliphatic hydroxyl groups is 1. The van der Waals surface area contributed by atoms with Crippen LogP contribution in [-0.2, 0) is 11.3 Å². The van der Waals surface area contributed by atoms with E-state index < -0.39 is 0 Å². The zero-order chi connectivity index (χ0) is 21.2. The fraction of sp³-hybridized carbons (Fsp3) is 0.727. The molecule has 3 heterocycles. The highest BCUT2D eigenvalue weighted by Gasteiger charge is 2.34. The Balaban J connectivity index is 1.54. The second kappa shape index (κ2) is 11.5. The maximum absolute atomic E-state index is 9.41. The average Bonchev–Trinajstić information content (AvgIpc) is 3.25. The molecular formula is C22H38N6O2. The lowest BCUT2D eigenvalue weighted by atomic mass is 9.84. The number of likely N-dealkylation sites (N-methyl/N-ethyl adjacent to an activating group) is 1.